The average molecular weight is 460 g/mol. The Kier molecular flexibility index (Phi) is 4.44. The van der Waals surface area contributed by atoms with Crippen LogP contribution in [0.1, 0.15) is 30.7 Å². The van der Waals surface area contributed by atoms with Gasteiger partial charge in [-0.2, -0.15) is 5.26 Å². The number of aromatic nitrogens is 2. The number of pyridine rings is 1. The van der Waals surface area contributed by atoms with Gasteiger partial charge in [-0.3, -0.25) is 9.69 Å². The number of aromatic amines is 1. The summed E-state index contributed by atoms with van der Waals surface area (Å²) in [5.74, 6) is 0.534. The number of nitrogens with one attached hydrogen (secondary N) is 1. The lowest BCUT2D eigenvalue weighted by atomic mass is 9.75. The number of H-pyrrole nitrogens is 1. The number of allylic oxidation sites excluding steroid dienone is 3. The van der Waals surface area contributed by atoms with Gasteiger partial charge in [-0.05, 0) is 70.1 Å². The molecule has 0 saturated carbocycles. The van der Waals surface area contributed by atoms with E-state index in [0.717, 1.165) is 33.1 Å². The number of fused-ring (bicyclic) bond motifs is 1. The molecule has 7 heteroatoms. The normalized spacial score (nSPS) is 19.3. The van der Waals surface area contributed by atoms with Crippen LogP contribution in [0.2, 0.25) is 0 Å². The molecule has 0 radical (unpaired) electrons. The molecule has 0 fully saturated rings. The highest BCUT2D eigenvalue weighted by Crippen LogP contribution is 2.46. The van der Waals surface area contributed by atoms with E-state index in [-0.39, 0.29) is 5.78 Å². The zero-order valence-corrected chi connectivity index (χ0v) is 17.6. The van der Waals surface area contributed by atoms with Gasteiger partial charge >= 0.3 is 0 Å². The Labute approximate surface area is 181 Å². The molecule has 148 valence electrons. The summed E-state index contributed by atoms with van der Waals surface area (Å²) in [5, 5.41) is 11.1. The average Bonchev–Trinajstić information content (AvgIpc) is 3.22. The molecule has 2 aromatic heterocycles. The molecular formula is C23H18BrN5O. The number of nitrogens with two attached hydrogens (primary N) is 1. The largest absolute Gasteiger partial charge is 0.384 e. The maximum atomic E-state index is 13.1. The van der Waals surface area contributed by atoms with Crippen molar-refractivity contribution in [3.05, 3.63) is 81.5 Å². The van der Waals surface area contributed by atoms with Gasteiger partial charge in [0.05, 0.1) is 17.6 Å². The number of hydrogen-bond acceptors (Lipinski definition) is 5. The van der Waals surface area contributed by atoms with Crippen LogP contribution >= 0.6 is 15.9 Å². The third kappa shape index (κ3) is 2.84. The summed E-state index contributed by atoms with van der Waals surface area (Å²) in [6.07, 6.45) is 5.50. The second-order valence-electron chi connectivity index (χ2n) is 7.48. The minimum atomic E-state index is -0.469. The van der Waals surface area contributed by atoms with Gasteiger partial charge in [0.1, 0.15) is 11.6 Å². The van der Waals surface area contributed by atoms with Crippen molar-refractivity contribution in [3.8, 4) is 6.07 Å². The number of rotatable bonds is 2. The fourth-order valence-electron chi connectivity index (χ4n) is 4.43. The molecule has 0 spiro atoms. The summed E-state index contributed by atoms with van der Waals surface area (Å²) in [6.45, 7) is 0. The summed E-state index contributed by atoms with van der Waals surface area (Å²) >= 11 is 3.40. The second kappa shape index (κ2) is 7.15. The molecule has 3 N–H and O–H groups in total. The molecule has 30 heavy (non-hydrogen) atoms. The lowest BCUT2D eigenvalue weighted by Crippen LogP contribution is -2.39. The van der Waals surface area contributed by atoms with Crippen molar-refractivity contribution in [3.63, 3.8) is 0 Å². The van der Waals surface area contributed by atoms with Gasteiger partial charge in [0, 0.05) is 40.1 Å². The van der Waals surface area contributed by atoms with Crippen LogP contribution in [0.5, 0.6) is 0 Å². The van der Waals surface area contributed by atoms with Gasteiger partial charge in [0.25, 0.3) is 0 Å². The van der Waals surface area contributed by atoms with E-state index in [9.17, 15) is 10.1 Å². The van der Waals surface area contributed by atoms with E-state index in [4.69, 9.17) is 5.73 Å². The van der Waals surface area contributed by atoms with Crippen LogP contribution in [0, 0.1) is 11.3 Å². The van der Waals surface area contributed by atoms with Crippen LogP contribution in [0.3, 0.4) is 0 Å². The van der Waals surface area contributed by atoms with E-state index in [2.05, 4.69) is 32.0 Å². The monoisotopic (exact) mass is 459 g/mol. The molecule has 2 aliphatic rings. The Hall–Kier alpha value is -3.37. The third-order valence-electron chi connectivity index (χ3n) is 5.76. The van der Waals surface area contributed by atoms with Gasteiger partial charge in [-0.1, -0.05) is 6.07 Å². The number of carbonyl (C=O) groups is 1. The van der Waals surface area contributed by atoms with E-state index in [0.29, 0.717) is 35.6 Å². The predicted octanol–water partition coefficient (Wildman–Crippen LogP) is 4.63. The zero-order chi connectivity index (χ0) is 20.8. The van der Waals surface area contributed by atoms with E-state index >= 15 is 0 Å². The molecule has 1 aromatic carbocycles. The molecule has 5 rings (SSSR count). The number of anilines is 1. The highest BCUT2D eigenvalue weighted by molar-refractivity contribution is 9.10. The first kappa shape index (κ1) is 18.6. The van der Waals surface area contributed by atoms with Gasteiger partial charge in [0.2, 0.25) is 0 Å². The van der Waals surface area contributed by atoms with Crippen LogP contribution in [0.15, 0.2) is 75.9 Å². The number of carbonyl (C=O) groups excluding carboxylic acids is 1. The number of ketones is 1. The lowest BCUT2D eigenvalue weighted by molar-refractivity contribution is -0.116. The molecule has 0 bridgehead atoms. The highest BCUT2D eigenvalue weighted by Gasteiger charge is 2.40. The van der Waals surface area contributed by atoms with Gasteiger partial charge in [0.15, 0.2) is 5.78 Å². The Bertz CT molecular complexity index is 1280. The molecule has 1 aliphatic carbocycles. The first-order valence-corrected chi connectivity index (χ1v) is 10.5. The Morgan fingerprint density at radius 1 is 1.23 bits per heavy atom. The fourth-order valence-corrected chi connectivity index (χ4v) is 4.67. The van der Waals surface area contributed by atoms with Gasteiger partial charge < -0.3 is 10.7 Å². The van der Waals surface area contributed by atoms with Crippen molar-refractivity contribution in [2.24, 2.45) is 5.73 Å². The van der Waals surface area contributed by atoms with Crippen molar-refractivity contribution in [2.45, 2.75) is 25.2 Å². The van der Waals surface area contributed by atoms with Crippen molar-refractivity contribution in [1.29, 1.82) is 5.26 Å². The number of hydrogen-bond donors (Lipinski definition) is 2. The first-order valence-electron chi connectivity index (χ1n) is 9.73. The quantitative estimate of drug-likeness (QED) is 0.581. The SMILES string of the molecule is N#CC1=C(N)N(c2ccc(Br)cn2)C2=C(C(=O)CCC2)[C@H]1c1ccc2[nH]ccc2c1. The van der Waals surface area contributed by atoms with Crippen LogP contribution < -0.4 is 10.6 Å². The molecule has 0 saturated heterocycles. The van der Waals surface area contributed by atoms with Gasteiger partial charge in [-0.25, -0.2) is 4.98 Å². The molecule has 0 unspecified atom stereocenters. The number of Topliss-reactive ketones (excluding diaryl/α,β-unsaturated/α-hetero) is 1. The fraction of sp³-hybridized carbons (Fsp3) is 0.174. The predicted molar refractivity (Wildman–Crippen MR) is 118 cm³/mol. The number of nitrogens with zero attached hydrogens (tertiary/aromatic N) is 3. The zero-order valence-electron chi connectivity index (χ0n) is 16.0. The van der Waals surface area contributed by atoms with Crippen molar-refractivity contribution >= 4 is 38.4 Å². The summed E-state index contributed by atoms with van der Waals surface area (Å²) in [5.41, 5.74) is 10.3. The van der Waals surface area contributed by atoms with Crippen LogP contribution in [0.25, 0.3) is 10.9 Å². The molecule has 3 aromatic rings. The minimum Gasteiger partial charge on any atom is -0.384 e. The van der Waals surface area contributed by atoms with E-state index in [1.54, 1.807) is 11.1 Å². The number of halogens is 1. The topological polar surface area (TPSA) is 98.8 Å². The summed E-state index contributed by atoms with van der Waals surface area (Å²) < 4.78 is 0.845. The highest BCUT2D eigenvalue weighted by atomic mass is 79.9. The van der Waals surface area contributed by atoms with Gasteiger partial charge in [-0.15, -0.1) is 0 Å². The van der Waals surface area contributed by atoms with Crippen molar-refractivity contribution in [2.75, 3.05) is 4.90 Å². The number of nitriles is 1. The van der Waals surface area contributed by atoms with Crippen LogP contribution in [-0.2, 0) is 4.79 Å². The second-order valence-corrected chi connectivity index (χ2v) is 8.39. The molecule has 3 heterocycles. The van der Waals surface area contributed by atoms with Crippen LogP contribution in [0.4, 0.5) is 5.82 Å². The summed E-state index contributed by atoms with van der Waals surface area (Å²) in [4.78, 5) is 22.6. The number of benzene rings is 1. The Morgan fingerprint density at radius 3 is 2.87 bits per heavy atom. The molecule has 1 aliphatic heterocycles. The van der Waals surface area contributed by atoms with Crippen molar-refractivity contribution in [1.82, 2.24) is 9.97 Å². The molecular weight excluding hydrogens is 442 g/mol. The van der Waals surface area contributed by atoms with Crippen molar-refractivity contribution < 1.29 is 4.79 Å². The van der Waals surface area contributed by atoms with E-state index in [1.807, 2.05) is 42.6 Å². The van der Waals surface area contributed by atoms with E-state index in [1.165, 1.54) is 0 Å². The maximum absolute atomic E-state index is 13.1. The Morgan fingerprint density at radius 2 is 2.10 bits per heavy atom. The third-order valence-corrected chi connectivity index (χ3v) is 6.23. The maximum Gasteiger partial charge on any atom is 0.161 e. The summed E-state index contributed by atoms with van der Waals surface area (Å²) in [6, 6.07) is 14.0. The smallest absolute Gasteiger partial charge is 0.161 e. The first-order chi connectivity index (χ1) is 14.6. The molecule has 6 nitrogen and oxygen atoms in total. The summed E-state index contributed by atoms with van der Waals surface area (Å²) in [7, 11) is 0. The van der Waals surface area contributed by atoms with Crippen LogP contribution in [-0.4, -0.2) is 15.8 Å². The molecule has 1 atom stereocenters. The molecule has 0 amide bonds. The minimum absolute atomic E-state index is 0.0674. The Balaban J connectivity index is 1.75. The standard InChI is InChI=1S/C23H18BrN5O/c24-15-5-7-20(28-12-15)29-18-2-1-3-19(30)22(18)21(16(11-25)23(29)26)14-4-6-17-13(10-14)8-9-27-17/h4-10,12,21,27H,1-3,26H2/t21-/m0/s1. The lowest BCUT2D eigenvalue weighted by Gasteiger charge is -2.39. The van der Waals surface area contributed by atoms with E-state index < -0.39 is 5.92 Å².